The summed E-state index contributed by atoms with van der Waals surface area (Å²) in [5.74, 6) is -0.0318. The predicted molar refractivity (Wildman–Crippen MR) is 61.8 cm³/mol. The summed E-state index contributed by atoms with van der Waals surface area (Å²) in [6.45, 7) is 3.47. The number of ether oxygens (including phenoxy) is 1. The van der Waals surface area contributed by atoms with Gasteiger partial charge in [-0.1, -0.05) is 12.1 Å². The monoisotopic (exact) mass is 226 g/mol. The first-order valence-corrected chi connectivity index (χ1v) is 5.69. The normalized spacial score (nSPS) is 12.7. The Morgan fingerprint density at radius 2 is 2.00 bits per heavy atom. The van der Waals surface area contributed by atoms with Crippen molar-refractivity contribution < 1.29 is 14.2 Å². The summed E-state index contributed by atoms with van der Waals surface area (Å²) in [4.78, 5) is 0. The molecule has 1 atom stereocenters. The summed E-state index contributed by atoms with van der Waals surface area (Å²) in [5.41, 5.74) is 1.05. The van der Waals surface area contributed by atoms with Gasteiger partial charge in [-0.15, -0.1) is 0 Å². The number of hydrogen-bond acceptors (Lipinski definition) is 2. The first-order chi connectivity index (χ1) is 7.76. The molecule has 0 spiro atoms. The average molecular weight is 226 g/mol. The minimum Gasteiger partial charge on any atom is -0.396 e. The number of aliphatic hydroxyl groups is 1. The Bertz CT molecular complexity index is 284. The summed E-state index contributed by atoms with van der Waals surface area (Å²) in [6, 6.07) is 6.43. The molecule has 2 nitrogen and oxygen atoms in total. The molecule has 0 fully saturated rings. The largest absolute Gasteiger partial charge is 0.396 e. The molecule has 1 aromatic carbocycles. The summed E-state index contributed by atoms with van der Waals surface area (Å²) in [5, 5.41) is 9.21. The predicted octanol–water partition coefficient (Wildman–Crippen LogP) is 2.40. The minimum atomic E-state index is -0.224. The molecule has 0 amide bonds. The minimum absolute atomic E-state index is 0.143. The van der Waals surface area contributed by atoms with Crippen LogP contribution in [0.25, 0.3) is 0 Å². The van der Waals surface area contributed by atoms with Gasteiger partial charge in [-0.05, 0) is 43.4 Å². The van der Waals surface area contributed by atoms with Gasteiger partial charge in [0.2, 0.25) is 0 Å². The van der Waals surface area contributed by atoms with Crippen molar-refractivity contribution in [3.05, 3.63) is 35.6 Å². The van der Waals surface area contributed by atoms with Crippen LogP contribution >= 0.6 is 0 Å². The lowest BCUT2D eigenvalue weighted by Crippen LogP contribution is -2.12. The molecule has 0 aliphatic rings. The van der Waals surface area contributed by atoms with E-state index in [1.807, 2.05) is 6.92 Å². The highest BCUT2D eigenvalue weighted by Crippen LogP contribution is 2.12. The van der Waals surface area contributed by atoms with Gasteiger partial charge >= 0.3 is 0 Å². The number of aliphatic hydroxyl groups excluding tert-OH is 1. The van der Waals surface area contributed by atoms with E-state index in [1.165, 1.54) is 12.1 Å². The molecule has 0 saturated carbocycles. The van der Waals surface area contributed by atoms with Gasteiger partial charge in [-0.3, -0.25) is 0 Å². The molecule has 0 saturated heterocycles. The highest BCUT2D eigenvalue weighted by atomic mass is 19.1. The molecule has 0 bridgehead atoms. The Morgan fingerprint density at radius 3 is 2.56 bits per heavy atom. The van der Waals surface area contributed by atoms with Crippen LogP contribution in [0, 0.1) is 11.7 Å². The van der Waals surface area contributed by atoms with Crippen LogP contribution in [0.5, 0.6) is 0 Å². The standard InChI is InChI=1S/C13H19FO2/c1-2-16-8-7-12(10-15)9-11-3-5-13(14)6-4-11/h3-6,12,15H,2,7-10H2,1H3. The molecule has 1 unspecified atom stereocenters. The second-order valence-corrected chi connectivity index (χ2v) is 3.86. The van der Waals surface area contributed by atoms with Crippen LogP contribution in [0.4, 0.5) is 4.39 Å². The van der Waals surface area contributed by atoms with Crippen LogP contribution in [-0.2, 0) is 11.2 Å². The van der Waals surface area contributed by atoms with Gasteiger partial charge in [0.15, 0.2) is 0 Å². The lowest BCUT2D eigenvalue weighted by molar-refractivity contribution is 0.115. The van der Waals surface area contributed by atoms with E-state index in [9.17, 15) is 9.50 Å². The molecule has 3 heteroatoms. The first kappa shape index (κ1) is 13.1. The smallest absolute Gasteiger partial charge is 0.123 e. The van der Waals surface area contributed by atoms with Crippen molar-refractivity contribution in [2.75, 3.05) is 19.8 Å². The molecule has 1 aromatic rings. The van der Waals surface area contributed by atoms with E-state index in [1.54, 1.807) is 12.1 Å². The molecule has 1 rings (SSSR count). The lowest BCUT2D eigenvalue weighted by Gasteiger charge is -2.13. The maximum Gasteiger partial charge on any atom is 0.123 e. The fourth-order valence-electron chi connectivity index (χ4n) is 1.61. The van der Waals surface area contributed by atoms with Gasteiger partial charge in [-0.2, -0.15) is 0 Å². The molecule has 1 N–H and O–H groups in total. The van der Waals surface area contributed by atoms with E-state index in [-0.39, 0.29) is 18.3 Å². The molecular weight excluding hydrogens is 207 g/mol. The highest BCUT2D eigenvalue weighted by molar-refractivity contribution is 5.16. The quantitative estimate of drug-likeness (QED) is 0.723. The van der Waals surface area contributed by atoms with Gasteiger partial charge in [0.05, 0.1) is 0 Å². The summed E-state index contributed by atoms with van der Waals surface area (Å²) in [7, 11) is 0. The Hall–Kier alpha value is -0.930. The number of hydrogen-bond donors (Lipinski definition) is 1. The second-order valence-electron chi connectivity index (χ2n) is 3.86. The Labute approximate surface area is 96.1 Å². The molecular formula is C13H19FO2. The number of rotatable bonds is 7. The fourth-order valence-corrected chi connectivity index (χ4v) is 1.61. The zero-order valence-electron chi connectivity index (χ0n) is 9.66. The van der Waals surface area contributed by atoms with Crippen LogP contribution in [0.2, 0.25) is 0 Å². The van der Waals surface area contributed by atoms with Crippen LogP contribution in [0.15, 0.2) is 24.3 Å². The van der Waals surface area contributed by atoms with E-state index >= 15 is 0 Å². The highest BCUT2D eigenvalue weighted by Gasteiger charge is 2.08. The van der Waals surface area contributed by atoms with Crippen molar-refractivity contribution in [1.29, 1.82) is 0 Å². The van der Waals surface area contributed by atoms with E-state index < -0.39 is 0 Å². The van der Waals surface area contributed by atoms with E-state index in [2.05, 4.69) is 0 Å². The van der Waals surface area contributed by atoms with E-state index in [0.29, 0.717) is 13.2 Å². The lowest BCUT2D eigenvalue weighted by atomic mass is 9.97. The van der Waals surface area contributed by atoms with Crippen molar-refractivity contribution in [1.82, 2.24) is 0 Å². The van der Waals surface area contributed by atoms with E-state index in [0.717, 1.165) is 18.4 Å². The summed E-state index contributed by atoms with van der Waals surface area (Å²) < 4.78 is 17.9. The maximum absolute atomic E-state index is 12.7. The van der Waals surface area contributed by atoms with E-state index in [4.69, 9.17) is 4.74 Å². The van der Waals surface area contributed by atoms with Crippen LogP contribution < -0.4 is 0 Å². The van der Waals surface area contributed by atoms with Gasteiger partial charge in [-0.25, -0.2) is 4.39 Å². The molecule has 90 valence electrons. The van der Waals surface area contributed by atoms with Gasteiger partial charge in [0.25, 0.3) is 0 Å². The molecule has 0 aromatic heterocycles. The molecule has 16 heavy (non-hydrogen) atoms. The number of benzene rings is 1. The Kier molecular flexibility index (Phi) is 6.04. The fraction of sp³-hybridized carbons (Fsp3) is 0.538. The first-order valence-electron chi connectivity index (χ1n) is 5.69. The molecule has 0 heterocycles. The molecule has 0 radical (unpaired) electrons. The topological polar surface area (TPSA) is 29.5 Å². The van der Waals surface area contributed by atoms with Crippen LogP contribution in [0.3, 0.4) is 0 Å². The maximum atomic E-state index is 12.7. The van der Waals surface area contributed by atoms with Crippen LogP contribution in [-0.4, -0.2) is 24.9 Å². The van der Waals surface area contributed by atoms with Crippen molar-refractivity contribution >= 4 is 0 Å². The molecule has 0 aliphatic carbocycles. The second kappa shape index (κ2) is 7.36. The van der Waals surface area contributed by atoms with Crippen LogP contribution in [0.1, 0.15) is 18.9 Å². The van der Waals surface area contributed by atoms with Gasteiger partial charge < -0.3 is 9.84 Å². The van der Waals surface area contributed by atoms with Gasteiger partial charge in [0.1, 0.15) is 5.82 Å². The third-order valence-electron chi connectivity index (χ3n) is 2.57. The Morgan fingerprint density at radius 1 is 1.31 bits per heavy atom. The third kappa shape index (κ3) is 4.73. The summed E-state index contributed by atoms with van der Waals surface area (Å²) >= 11 is 0. The summed E-state index contributed by atoms with van der Waals surface area (Å²) in [6.07, 6.45) is 1.60. The zero-order chi connectivity index (χ0) is 11.8. The zero-order valence-corrected chi connectivity index (χ0v) is 9.66. The van der Waals surface area contributed by atoms with Crippen molar-refractivity contribution in [3.63, 3.8) is 0 Å². The average Bonchev–Trinajstić information content (AvgIpc) is 2.31. The third-order valence-corrected chi connectivity index (χ3v) is 2.57. The SMILES string of the molecule is CCOCCC(CO)Cc1ccc(F)cc1. The van der Waals surface area contributed by atoms with Gasteiger partial charge in [0, 0.05) is 19.8 Å². The number of halogens is 1. The molecule has 0 aliphatic heterocycles. The van der Waals surface area contributed by atoms with Crippen molar-refractivity contribution in [3.8, 4) is 0 Å². The Balaban J connectivity index is 2.40. The van der Waals surface area contributed by atoms with Crippen molar-refractivity contribution in [2.45, 2.75) is 19.8 Å². The van der Waals surface area contributed by atoms with Crippen molar-refractivity contribution in [2.24, 2.45) is 5.92 Å².